The van der Waals surface area contributed by atoms with Crippen LogP contribution in [0.4, 0.5) is 0 Å². The lowest BCUT2D eigenvalue weighted by Gasteiger charge is -2.32. The average Bonchev–Trinajstić information content (AvgIpc) is 3.55. The van der Waals surface area contributed by atoms with Crippen LogP contribution >= 0.6 is 0 Å². The summed E-state index contributed by atoms with van der Waals surface area (Å²) in [6, 6.07) is 18.8. The number of hydrogen-bond acceptors (Lipinski definition) is 5. The molecule has 2 aromatic carbocycles. The van der Waals surface area contributed by atoms with Gasteiger partial charge in [-0.25, -0.2) is 4.68 Å². The summed E-state index contributed by atoms with van der Waals surface area (Å²) >= 11 is 0. The molecule has 4 aromatic rings. The second kappa shape index (κ2) is 9.00. The molecule has 7 nitrogen and oxygen atoms in total. The van der Waals surface area contributed by atoms with Gasteiger partial charge in [-0.3, -0.25) is 4.90 Å². The molecule has 2 aliphatic heterocycles. The predicted molar refractivity (Wildman–Crippen MR) is 132 cm³/mol. The molecule has 0 bridgehead atoms. The summed E-state index contributed by atoms with van der Waals surface area (Å²) in [4.78, 5) is 4.90. The van der Waals surface area contributed by atoms with Crippen molar-refractivity contribution in [1.82, 2.24) is 24.1 Å². The normalized spacial score (nSPS) is 16.6. The number of fused-ring (bicyclic) bond motifs is 1. The largest absolute Gasteiger partial charge is 0.486 e. The number of piperazine rings is 1. The van der Waals surface area contributed by atoms with Crippen molar-refractivity contribution < 1.29 is 9.47 Å². The van der Waals surface area contributed by atoms with Crippen LogP contribution in [-0.4, -0.2) is 70.6 Å². The molecule has 6 rings (SSSR count). The van der Waals surface area contributed by atoms with Crippen molar-refractivity contribution >= 4 is 0 Å². The number of aromatic nitrogens is 3. The Morgan fingerprint density at radius 2 is 1.53 bits per heavy atom. The highest BCUT2D eigenvalue weighted by molar-refractivity contribution is 5.68. The van der Waals surface area contributed by atoms with Crippen molar-refractivity contribution in [2.75, 3.05) is 46.4 Å². The number of benzene rings is 2. The smallest absolute Gasteiger partial charge is 0.161 e. The third-order valence-corrected chi connectivity index (χ3v) is 6.64. The number of likely N-dealkylation sites (N-methyl/N-ethyl adjacent to an activating group) is 1. The molecule has 0 saturated carbocycles. The Balaban J connectivity index is 1.30. The van der Waals surface area contributed by atoms with Crippen molar-refractivity contribution in [3.05, 3.63) is 78.8 Å². The maximum atomic E-state index is 5.76. The lowest BCUT2D eigenvalue weighted by Crippen LogP contribution is -2.43. The Hall–Kier alpha value is -3.55. The fraction of sp³-hybridized carbons (Fsp3) is 0.296. The van der Waals surface area contributed by atoms with E-state index in [0.717, 1.165) is 66.9 Å². The van der Waals surface area contributed by atoms with Crippen LogP contribution in [0.3, 0.4) is 0 Å². The summed E-state index contributed by atoms with van der Waals surface area (Å²) in [5, 5.41) is 4.81. The summed E-state index contributed by atoms with van der Waals surface area (Å²) in [5.74, 6) is 2.71. The zero-order chi connectivity index (χ0) is 22.9. The van der Waals surface area contributed by atoms with Gasteiger partial charge in [0, 0.05) is 50.7 Å². The van der Waals surface area contributed by atoms with Gasteiger partial charge in [0.1, 0.15) is 19.0 Å². The van der Waals surface area contributed by atoms with E-state index in [1.165, 1.54) is 5.56 Å². The molecule has 0 amide bonds. The first-order valence-corrected chi connectivity index (χ1v) is 11.9. The first kappa shape index (κ1) is 21.0. The number of nitrogens with zero attached hydrogens (tertiary/aromatic N) is 5. The van der Waals surface area contributed by atoms with Crippen LogP contribution in [0.5, 0.6) is 11.5 Å². The third kappa shape index (κ3) is 4.08. The Bertz CT molecular complexity index is 1250. The summed E-state index contributed by atoms with van der Waals surface area (Å²) in [6.45, 7) is 6.46. The predicted octanol–water partition coefficient (Wildman–Crippen LogP) is 3.85. The van der Waals surface area contributed by atoms with Gasteiger partial charge in [0.2, 0.25) is 0 Å². The number of hydrogen-bond donors (Lipinski definition) is 0. The summed E-state index contributed by atoms with van der Waals surface area (Å²) in [5.41, 5.74) is 4.51. The molecule has 7 heteroatoms. The Kier molecular flexibility index (Phi) is 5.57. The van der Waals surface area contributed by atoms with E-state index in [1.807, 2.05) is 16.9 Å². The molecule has 0 atom stereocenters. The van der Waals surface area contributed by atoms with Crippen LogP contribution < -0.4 is 9.47 Å². The molecule has 0 spiro atoms. The van der Waals surface area contributed by atoms with Crippen molar-refractivity contribution in [2.24, 2.45) is 0 Å². The van der Waals surface area contributed by atoms with Crippen LogP contribution in [0.2, 0.25) is 0 Å². The molecule has 1 saturated heterocycles. The Morgan fingerprint density at radius 1 is 0.824 bits per heavy atom. The molecular weight excluding hydrogens is 426 g/mol. The molecule has 1 fully saturated rings. The van der Waals surface area contributed by atoms with Gasteiger partial charge in [-0.05, 0) is 54.6 Å². The standard InChI is InChI=1S/C27H29N5O2/c1-29-12-14-30(15-13-29)20-23-19-28-32(27(23)31-10-2-3-11-31)24-7-4-21(5-8-24)22-6-9-25-26(18-22)34-17-16-33-25/h2-11,18-19H,12-17,20H2,1H3. The zero-order valence-corrected chi connectivity index (χ0v) is 19.4. The fourth-order valence-corrected chi connectivity index (χ4v) is 4.69. The van der Waals surface area contributed by atoms with Gasteiger partial charge in [-0.1, -0.05) is 18.2 Å². The van der Waals surface area contributed by atoms with Crippen molar-refractivity contribution in [2.45, 2.75) is 6.54 Å². The lowest BCUT2D eigenvalue weighted by molar-refractivity contribution is 0.148. The van der Waals surface area contributed by atoms with E-state index >= 15 is 0 Å². The van der Waals surface area contributed by atoms with E-state index in [4.69, 9.17) is 14.6 Å². The van der Waals surface area contributed by atoms with E-state index in [0.29, 0.717) is 13.2 Å². The number of rotatable bonds is 5. The molecule has 4 heterocycles. The first-order valence-electron chi connectivity index (χ1n) is 11.9. The van der Waals surface area contributed by atoms with E-state index in [9.17, 15) is 0 Å². The molecule has 34 heavy (non-hydrogen) atoms. The molecular formula is C27H29N5O2. The molecule has 2 aromatic heterocycles. The summed E-state index contributed by atoms with van der Waals surface area (Å²) in [7, 11) is 2.19. The molecule has 0 radical (unpaired) electrons. The Morgan fingerprint density at radius 3 is 2.29 bits per heavy atom. The lowest BCUT2D eigenvalue weighted by atomic mass is 10.0. The van der Waals surface area contributed by atoms with Gasteiger partial charge in [0.25, 0.3) is 0 Å². The van der Waals surface area contributed by atoms with Crippen LogP contribution in [-0.2, 0) is 6.54 Å². The van der Waals surface area contributed by atoms with Gasteiger partial charge in [0.15, 0.2) is 11.5 Å². The average molecular weight is 456 g/mol. The highest BCUT2D eigenvalue weighted by atomic mass is 16.6. The van der Waals surface area contributed by atoms with Crippen LogP contribution in [0.25, 0.3) is 22.6 Å². The highest BCUT2D eigenvalue weighted by Crippen LogP contribution is 2.35. The Labute approximate surface area is 199 Å². The van der Waals surface area contributed by atoms with Crippen LogP contribution in [0.15, 0.2) is 73.2 Å². The monoisotopic (exact) mass is 455 g/mol. The van der Waals surface area contributed by atoms with Crippen LogP contribution in [0, 0.1) is 0 Å². The van der Waals surface area contributed by atoms with Gasteiger partial charge in [0.05, 0.1) is 11.9 Å². The minimum absolute atomic E-state index is 0.591. The minimum Gasteiger partial charge on any atom is -0.486 e. The van der Waals surface area contributed by atoms with Crippen molar-refractivity contribution in [3.63, 3.8) is 0 Å². The van der Waals surface area contributed by atoms with Crippen molar-refractivity contribution in [1.29, 1.82) is 0 Å². The van der Waals surface area contributed by atoms with Gasteiger partial charge in [-0.15, -0.1) is 0 Å². The summed E-state index contributed by atoms with van der Waals surface area (Å²) < 4.78 is 15.6. The first-order chi connectivity index (χ1) is 16.7. The zero-order valence-electron chi connectivity index (χ0n) is 19.4. The highest BCUT2D eigenvalue weighted by Gasteiger charge is 2.20. The maximum absolute atomic E-state index is 5.76. The maximum Gasteiger partial charge on any atom is 0.161 e. The van der Waals surface area contributed by atoms with Gasteiger partial charge >= 0.3 is 0 Å². The molecule has 174 valence electrons. The van der Waals surface area contributed by atoms with E-state index in [-0.39, 0.29) is 0 Å². The van der Waals surface area contributed by atoms with Crippen LogP contribution in [0.1, 0.15) is 5.56 Å². The molecule has 0 N–H and O–H groups in total. The molecule has 2 aliphatic rings. The quantitative estimate of drug-likeness (QED) is 0.458. The molecule has 0 aliphatic carbocycles. The van der Waals surface area contributed by atoms with E-state index in [1.54, 1.807) is 0 Å². The van der Waals surface area contributed by atoms with E-state index in [2.05, 4.69) is 82.3 Å². The molecule has 0 unspecified atom stereocenters. The van der Waals surface area contributed by atoms with Gasteiger partial charge < -0.3 is 18.9 Å². The third-order valence-electron chi connectivity index (χ3n) is 6.64. The van der Waals surface area contributed by atoms with E-state index < -0.39 is 0 Å². The minimum atomic E-state index is 0.591. The number of ether oxygens (including phenoxy) is 2. The fourth-order valence-electron chi connectivity index (χ4n) is 4.69. The van der Waals surface area contributed by atoms with Gasteiger partial charge in [-0.2, -0.15) is 5.10 Å². The SMILES string of the molecule is CN1CCN(Cc2cnn(-c3ccc(-c4ccc5c(c4)OCCO5)cc3)c2-n2cccc2)CC1. The van der Waals surface area contributed by atoms with Crippen molar-refractivity contribution in [3.8, 4) is 34.1 Å². The topological polar surface area (TPSA) is 47.7 Å². The summed E-state index contributed by atoms with van der Waals surface area (Å²) in [6.07, 6.45) is 6.19. The second-order valence-corrected chi connectivity index (χ2v) is 8.98. The second-order valence-electron chi connectivity index (χ2n) is 8.98.